The molecule has 338 valence electrons. The molecule has 17 heteroatoms. The van der Waals surface area contributed by atoms with Gasteiger partial charge in [-0.05, 0) is 127 Å². The molecule has 7 rings (SSSR count). The van der Waals surface area contributed by atoms with Crippen molar-refractivity contribution in [2.24, 2.45) is 0 Å². The Hall–Kier alpha value is -3.31. The van der Waals surface area contributed by atoms with E-state index in [9.17, 15) is 9.59 Å². The minimum Gasteiger partial charge on any atom is -0.444 e. The van der Waals surface area contributed by atoms with Crippen molar-refractivity contribution in [3.63, 3.8) is 0 Å². The van der Waals surface area contributed by atoms with Gasteiger partial charge >= 0.3 is 31.0 Å². The van der Waals surface area contributed by atoms with Crippen molar-refractivity contribution in [3.8, 4) is 0 Å². The molecule has 0 unspecified atom stereocenters. The van der Waals surface area contributed by atoms with Crippen LogP contribution >= 0.6 is 34.8 Å². The van der Waals surface area contributed by atoms with E-state index in [1.807, 2.05) is 99.2 Å². The molecule has 3 fully saturated rings. The number of halogens is 3. The summed E-state index contributed by atoms with van der Waals surface area (Å²) in [6.07, 6.45) is 9.38. The first-order valence-electron chi connectivity index (χ1n) is 20.8. The van der Waals surface area contributed by atoms with Crippen LogP contribution in [0, 0.1) is 6.92 Å². The molecule has 3 aliphatic heterocycles. The van der Waals surface area contributed by atoms with E-state index in [-0.39, 0.29) is 50.6 Å². The summed E-state index contributed by atoms with van der Waals surface area (Å²) in [5.41, 5.74) is 1.08. The fraction of sp³-hybridized carbons (Fsp3) is 0.578. The van der Waals surface area contributed by atoms with Gasteiger partial charge in [-0.1, -0.05) is 68.2 Å². The van der Waals surface area contributed by atoms with Gasteiger partial charge in [-0.25, -0.2) is 9.59 Å². The zero-order valence-corrected chi connectivity index (χ0v) is 39.5. The summed E-state index contributed by atoms with van der Waals surface area (Å²) in [5.74, 6) is 1.46. The zero-order valence-electron chi connectivity index (χ0n) is 37.2. The van der Waals surface area contributed by atoms with Gasteiger partial charge in [0.2, 0.25) is 5.28 Å². The molecule has 2 aromatic heterocycles. The third kappa shape index (κ3) is 17.7. The standard InChI is InChI=1S/C18H22Cl2N4O2.C18H23ClN4O2.C4H8O.C4H9.CH4.Li/c1-18(2,3)26-17(25)23-10-4-5-14(23)15-21-22-16(20)24(15)11-12-6-8-13(19)9-7-12;1-18(2,3)25-17(24)23-10-4-5-15(23)16-21-20-12-22(16)11-13-6-8-14(19)9-7-13;1-2-4-5-3-1;1-3-4-2;;/h6-9,14H,4-5,10-11H2,1-3H3;6-9,12,15H,4-5,10-11H2,1-3H3;1-4H2;1,3-4H2,2H3;1H4;/q;;;-1;;+1/t14-;15-;;;;/m11..../s1. The Labute approximate surface area is 396 Å². The van der Waals surface area contributed by atoms with E-state index in [2.05, 4.69) is 34.2 Å². The molecule has 0 spiro atoms. The minimum absolute atomic E-state index is 0. The quantitative estimate of drug-likeness (QED) is 0.132. The Kier molecular flexibility index (Phi) is 23.4. The number of likely N-dealkylation sites (tertiary alicyclic amines) is 2. The summed E-state index contributed by atoms with van der Waals surface area (Å²) in [6, 6.07) is 14.9. The second kappa shape index (κ2) is 26.5. The predicted octanol–water partition coefficient (Wildman–Crippen LogP) is 8.81. The Morgan fingerprint density at radius 3 is 1.60 bits per heavy atom. The SMILES string of the molecule is C.C1CCOC1.CC(C)(C)OC(=O)N1CCC[C@@H]1c1nnc(Cl)n1Cc1ccc(Cl)cc1.CC(C)(C)OC(=O)N1CCC[C@@H]1c1nncn1Cc1ccc(Cl)cc1.[CH2-]CCC.[Li+]. The van der Waals surface area contributed by atoms with Crippen molar-refractivity contribution in [1.29, 1.82) is 0 Å². The van der Waals surface area contributed by atoms with Gasteiger partial charge in [-0.3, -0.25) is 14.4 Å². The van der Waals surface area contributed by atoms with Crippen LogP contribution in [-0.4, -0.2) is 89.0 Å². The van der Waals surface area contributed by atoms with E-state index in [1.165, 1.54) is 19.3 Å². The Bertz CT molecular complexity index is 1900. The van der Waals surface area contributed by atoms with Crippen LogP contribution in [0.15, 0.2) is 54.9 Å². The summed E-state index contributed by atoms with van der Waals surface area (Å²) in [5, 5.41) is 18.3. The van der Waals surface area contributed by atoms with Crippen molar-refractivity contribution in [1.82, 2.24) is 39.3 Å². The van der Waals surface area contributed by atoms with Crippen LogP contribution in [0.4, 0.5) is 9.59 Å². The average Bonchev–Trinajstić information content (AvgIpc) is 4.05. The normalized spacial score (nSPS) is 17.0. The van der Waals surface area contributed by atoms with Crippen LogP contribution < -0.4 is 18.9 Å². The van der Waals surface area contributed by atoms with E-state index in [0.29, 0.717) is 47.3 Å². The molecule has 2 aromatic carbocycles. The van der Waals surface area contributed by atoms with Gasteiger partial charge in [0.25, 0.3) is 0 Å². The van der Waals surface area contributed by atoms with E-state index >= 15 is 0 Å². The molecule has 0 N–H and O–H groups in total. The second-order valence-corrected chi connectivity index (χ2v) is 18.0. The number of amides is 2. The number of nitrogens with zero attached hydrogens (tertiary/aromatic N) is 8. The summed E-state index contributed by atoms with van der Waals surface area (Å²) < 4.78 is 19.8. The van der Waals surface area contributed by atoms with Crippen LogP contribution in [-0.2, 0) is 27.3 Å². The minimum atomic E-state index is -0.543. The summed E-state index contributed by atoms with van der Waals surface area (Å²) in [6.45, 7) is 21.4. The van der Waals surface area contributed by atoms with E-state index in [0.717, 1.165) is 62.3 Å². The molecule has 2 amide bonds. The van der Waals surface area contributed by atoms with Gasteiger partial charge in [0.15, 0.2) is 11.6 Å². The van der Waals surface area contributed by atoms with E-state index in [4.69, 9.17) is 49.0 Å². The largest absolute Gasteiger partial charge is 1.00 e. The molecule has 13 nitrogen and oxygen atoms in total. The van der Waals surface area contributed by atoms with Gasteiger partial charge in [-0.15, -0.1) is 20.4 Å². The first kappa shape index (κ1) is 54.8. The molecule has 0 saturated carbocycles. The number of carbonyl (C=O) groups excluding carboxylic acids is 2. The van der Waals surface area contributed by atoms with Gasteiger partial charge in [0.05, 0.1) is 25.2 Å². The Morgan fingerprint density at radius 1 is 0.726 bits per heavy atom. The Morgan fingerprint density at radius 2 is 1.18 bits per heavy atom. The molecule has 0 bridgehead atoms. The maximum atomic E-state index is 12.6. The molecule has 3 saturated heterocycles. The van der Waals surface area contributed by atoms with Gasteiger partial charge in [-0.2, -0.15) is 6.42 Å². The number of hydrogen-bond donors (Lipinski definition) is 0. The van der Waals surface area contributed by atoms with Crippen LogP contribution in [0.3, 0.4) is 0 Å². The van der Waals surface area contributed by atoms with Crippen LogP contribution in [0.25, 0.3) is 0 Å². The van der Waals surface area contributed by atoms with E-state index < -0.39 is 11.2 Å². The van der Waals surface area contributed by atoms with Crippen LogP contribution in [0.1, 0.15) is 142 Å². The molecule has 62 heavy (non-hydrogen) atoms. The number of hydrogen-bond acceptors (Lipinski definition) is 9. The van der Waals surface area contributed by atoms with Crippen LogP contribution in [0.5, 0.6) is 0 Å². The second-order valence-electron chi connectivity index (χ2n) is 16.8. The van der Waals surface area contributed by atoms with Crippen molar-refractivity contribution >= 4 is 47.0 Å². The topological polar surface area (TPSA) is 130 Å². The zero-order chi connectivity index (χ0) is 43.9. The van der Waals surface area contributed by atoms with Crippen molar-refractivity contribution in [2.75, 3.05) is 26.3 Å². The third-order valence-corrected chi connectivity index (χ3v) is 10.2. The van der Waals surface area contributed by atoms with E-state index in [1.54, 1.807) is 16.1 Å². The van der Waals surface area contributed by atoms with Gasteiger partial charge in [0, 0.05) is 36.3 Å². The summed E-state index contributed by atoms with van der Waals surface area (Å²) in [4.78, 5) is 28.5. The molecular weight excluding hydrogens is 846 g/mol. The number of ether oxygens (including phenoxy) is 3. The van der Waals surface area contributed by atoms with Gasteiger partial charge < -0.3 is 25.7 Å². The third-order valence-electron chi connectivity index (χ3n) is 9.44. The molecular formula is C45H66Cl3LiN8O5. The summed E-state index contributed by atoms with van der Waals surface area (Å²) >= 11 is 18.2. The maximum absolute atomic E-state index is 12.6. The molecule has 4 aromatic rings. The predicted molar refractivity (Wildman–Crippen MR) is 243 cm³/mol. The van der Waals surface area contributed by atoms with Crippen molar-refractivity contribution in [3.05, 3.63) is 99.9 Å². The number of unbranched alkanes of at least 4 members (excludes halogenated alkanes) is 1. The van der Waals surface area contributed by atoms with Crippen LogP contribution in [0.2, 0.25) is 15.3 Å². The first-order valence-corrected chi connectivity index (χ1v) is 21.9. The fourth-order valence-electron chi connectivity index (χ4n) is 6.55. The Balaban J connectivity index is 0.000000346. The summed E-state index contributed by atoms with van der Waals surface area (Å²) in [7, 11) is 0. The maximum Gasteiger partial charge on any atom is 1.00 e. The molecule has 0 aliphatic carbocycles. The molecule has 0 radical (unpaired) electrons. The monoisotopic (exact) mass is 910 g/mol. The number of rotatable bonds is 7. The molecule has 2 atom stereocenters. The fourth-order valence-corrected chi connectivity index (χ4v) is 6.99. The van der Waals surface area contributed by atoms with Crippen molar-refractivity contribution < 1.29 is 42.7 Å². The number of benzene rings is 2. The smallest absolute Gasteiger partial charge is 0.444 e. The first-order chi connectivity index (χ1) is 28.5. The van der Waals surface area contributed by atoms with Crippen molar-refractivity contribution in [2.45, 2.75) is 144 Å². The average molecular weight is 912 g/mol. The number of carbonyl (C=O) groups is 2. The van der Waals surface area contributed by atoms with Gasteiger partial charge in [0.1, 0.15) is 17.5 Å². The number of aromatic nitrogens is 6. The molecule has 3 aliphatic rings. The molecule has 5 heterocycles.